The lowest BCUT2D eigenvalue weighted by Gasteiger charge is -2.32. The third-order valence-electron chi connectivity index (χ3n) is 3.62. The number of carbonyl (C=O) groups excluding carboxylic acids is 1. The fourth-order valence-electron chi connectivity index (χ4n) is 2.70. The van der Waals surface area contributed by atoms with Crippen molar-refractivity contribution in [3.05, 3.63) is 17.5 Å². The highest BCUT2D eigenvalue weighted by molar-refractivity contribution is 5.95. The van der Waals surface area contributed by atoms with E-state index in [1.807, 2.05) is 25.1 Å². The van der Waals surface area contributed by atoms with Crippen molar-refractivity contribution in [1.29, 1.82) is 0 Å². The Morgan fingerprint density at radius 3 is 3.00 bits per heavy atom. The summed E-state index contributed by atoms with van der Waals surface area (Å²) in [5.74, 6) is 0.673. The topological polar surface area (TPSA) is 64.2 Å². The molecular weight excluding hydrogens is 228 g/mol. The summed E-state index contributed by atoms with van der Waals surface area (Å²) in [6.07, 6.45) is 5.09. The van der Waals surface area contributed by atoms with Gasteiger partial charge in [-0.15, -0.1) is 0 Å². The van der Waals surface area contributed by atoms with Crippen LogP contribution in [0.3, 0.4) is 0 Å². The number of carbonyl (C=O) groups is 1. The highest BCUT2D eigenvalue weighted by atomic mass is 16.2. The molecule has 1 unspecified atom stereocenters. The van der Waals surface area contributed by atoms with Gasteiger partial charge in [-0.3, -0.25) is 9.48 Å². The molecule has 0 spiro atoms. The number of nitrogens with zero attached hydrogens (tertiary/aromatic N) is 3. The predicted molar refractivity (Wildman–Crippen MR) is 70.2 cm³/mol. The maximum absolute atomic E-state index is 12.4. The number of aryl methyl sites for hydroxylation is 2. The van der Waals surface area contributed by atoms with E-state index in [-0.39, 0.29) is 5.91 Å². The monoisotopic (exact) mass is 250 g/mol. The van der Waals surface area contributed by atoms with Gasteiger partial charge in [-0.25, -0.2) is 0 Å². The van der Waals surface area contributed by atoms with Gasteiger partial charge < -0.3 is 10.6 Å². The molecular formula is C13H22N4O. The Morgan fingerprint density at radius 1 is 1.61 bits per heavy atom. The van der Waals surface area contributed by atoms with Gasteiger partial charge in [0.1, 0.15) is 0 Å². The van der Waals surface area contributed by atoms with E-state index in [2.05, 4.69) is 5.10 Å². The number of nitrogens with two attached hydrogens (primary N) is 1. The van der Waals surface area contributed by atoms with Crippen molar-refractivity contribution < 1.29 is 4.79 Å². The predicted octanol–water partition coefficient (Wildman–Crippen LogP) is 0.930. The number of hydrogen-bond donors (Lipinski definition) is 1. The molecule has 0 aromatic carbocycles. The lowest BCUT2D eigenvalue weighted by Crippen LogP contribution is -2.40. The maximum atomic E-state index is 12.4. The Labute approximate surface area is 108 Å². The number of aromatic nitrogens is 2. The summed E-state index contributed by atoms with van der Waals surface area (Å²) in [5, 5.41) is 4.23. The van der Waals surface area contributed by atoms with Crippen LogP contribution in [0.5, 0.6) is 0 Å². The molecule has 0 radical (unpaired) electrons. The molecule has 2 rings (SSSR count). The molecule has 0 aliphatic carbocycles. The molecule has 1 aliphatic rings. The minimum atomic E-state index is 0.113. The number of rotatable bonds is 3. The molecule has 5 nitrogen and oxygen atoms in total. The van der Waals surface area contributed by atoms with Crippen LogP contribution < -0.4 is 5.73 Å². The van der Waals surface area contributed by atoms with Gasteiger partial charge >= 0.3 is 0 Å². The van der Waals surface area contributed by atoms with Gasteiger partial charge in [-0.05, 0) is 38.6 Å². The van der Waals surface area contributed by atoms with Gasteiger partial charge in [-0.2, -0.15) is 5.10 Å². The van der Waals surface area contributed by atoms with Crippen molar-refractivity contribution >= 4 is 5.91 Å². The van der Waals surface area contributed by atoms with Crippen molar-refractivity contribution in [1.82, 2.24) is 14.7 Å². The van der Waals surface area contributed by atoms with Crippen LogP contribution in [0.15, 0.2) is 6.20 Å². The summed E-state index contributed by atoms with van der Waals surface area (Å²) in [6.45, 7) is 4.28. The fourth-order valence-corrected chi connectivity index (χ4v) is 2.70. The Balaban J connectivity index is 2.06. The zero-order chi connectivity index (χ0) is 13.1. The quantitative estimate of drug-likeness (QED) is 0.868. The van der Waals surface area contributed by atoms with Crippen molar-refractivity contribution in [2.75, 3.05) is 19.6 Å². The lowest BCUT2D eigenvalue weighted by molar-refractivity contribution is 0.0668. The molecule has 1 aromatic heterocycles. The van der Waals surface area contributed by atoms with Crippen LogP contribution in [0.4, 0.5) is 0 Å². The average molecular weight is 250 g/mol. The Hall–Kier alpha value is -1.36. The summed E-state index contributed by atoms with van der Waals surface area (Å²) in [5.41, 5.74) is 7.14. The summed E-state index contributed by atoms with van der Waals surface area (Å²) in [4.78, 5) is 14.4. The molecule has 1 atom stereocenters. The van der Waals surface area contributed by atoms with E-state index in [1.54, 1.807) is 4.68 Å². The Kier molecular flexibility index (Phi) is 4.01. The van der Waals surface area contributed by atoms with E-state index in [1.165, 1.54) is 6.42 Å². The molecule has 1 amide bonds. The third kappa shape index (κ3) is 2.72. The van der Waals surface area contributed by atoms with Crippen molar-refractivity contribution in [3.63, 3.8) is 0 Å². The van der Waals surface area contributed by atoms with Crippen LogP contribution in [-0.2, 0) is 7.05 Å². The molecule has 1 fully saturated rings. The SMILES string of the molecule is Cc1nn(C)cc1C(=O)N1CCCC(CCN)C1. The molecule has 2 heterocycles. The first-order valence-electron chi connectivity index (χ1n) is 6.61. The third-order valence-corrected chi connectivity index (χ3v) is 3.62. The molecule has 0 saturated carbocycles. The molecule has 2 N–H and O–H groups in total. The molecule has 0 bridgehead atoms. The van der Waals surface area contributed by atoms with E-state index in [0.717, 1.165) is 37.2 Å². The van der Waals surface area contributed by atoms with E-state index >= 15 is 0 Å². The number of hydrogen-bond acceptors (Lipinski definition) is 3. The highest BCUT2D eigenvalue weighted by Gasteiger charge is 2.25. The minimum Gasteiger partial charge on any atom is -0.338 e. The van der Waals surface area contributed by atoms with Gasteiger partial charge in [0.15, 0.2) is 0 Å². The van der Waals surface area contributed by atoms with Gasteiger partial charge in [0.25, 0.3) is 5.91 Å². The molecule has 18 heavy (non-hydrogen) atoms. The van der Waals surface area contributed by atoms with Crippen LogP contribution in [0.1, 0.15) is 35.3 Å². The Morgan fingerprint density at radius 2 is 2.39 bits per heavy atom. The molecule has 5 heteroatoms. The molecule has 1 aliphatic heterocycles. The summed E-state index contributed by atoms with van der Waals surface area (Å²) < 4.78 is 1.70. The molecule has 100 valence electrons. The largest absolute Gasteiger partial charge is 0.338 e. The standard InChI is InChI=1S/C13H22N4O/c1-10-12(9-16(2)15-10)13(18)17-7-3-4-11(8-17)5-6-14/h9,11H,3-8,14H2,1-2H3. The molecule has 1 saturated heterocycles. The van der Waals surface area contributed by atoms with Gasteiger partial charge in [0, 0.05) is 26.3 Å². The maximum Gasteiger partial charge on any atom is 0.257 e. The van der Waals surface area contributed by atoms with Crippen molar-refractivity contribution in [2.24, 2.45) is 18.7 Å². The number of amides is 1. The average Bonchev–Trinajstić information content (AvgIpc) is 2.68. The van der Waals surface area contributed by atoms with E-state index < -0.39 is 0 Å². The smallest absolute Gasteiger partial charge is 0.257 e. The second-order valence-electron chi connectivity index (χ2n) is 5.14. The summed E-state index contributed by atoms with van der Waals surface area (Å²) in [7, 11) is 1.84. The first kappa shape index (κ1) is 13.1. The fraction of sp³-hybridized carbons (Fsp3) is 0.692. The first-order chi connectivity index (χ1) is 8.61. The van der Waals surface area contributed by atoms with Gasteiger partial charge in [0.2, 0.25) is 0 Å². The summed E-state index contributed by atoms with van der Waals surface area (Å²) in [6, 6.07) is 0. The normalized spacial score (nSPS) is 20.2. The second kappa shape index (κ2) is 5.52. The minimum absolute atomic E-state index is 0.113. The zero-order valence-electron chi connectivity index (χ0n) is 11.2. The highest BCUT2D eigenvalue weighted by Crippen LogP contribution is 2.21. The second-order valence-corrected chi connectivity index (χ2v) is 5.14. The van der Waals surface area contributed by atoms with Gasteiger partial charge in [0.05, 0.1) is 11.3 Å². The first-order valence-corrected chi connectivity index (χ1v) is 6.61. The van der Waals surface area contributed by atoms with Crippen LogP contribution in [0.2, 0.25) is 0 Å². The Bertz CT molecular complexity index is 425. The van der Waals surface area contributed by atoms with E-state index in [4.69, 9.17) is 5.73 Å². The van der Waals surface area contributed by atoms with E-state index in [9.17, 15) is 4.79 Å². The van der Waals surface area contributed by atoms with E-state index in [0.29, 0.717) is 12.5 Å². The number of likely N-dealkylation sites (tertiary alicyclic amines) is 1. The zero-order valence-corrected chi connectivity index (χ0v) is 11.2. The summed E-state index contributed by atoms with van der Waals surface area (Å²) >= 11 is 0. The van der Waals surface area contributed by atoms with Gasteiger partial charge in [-0.1, -0.05) is 0 Å². The van der Waals surface area contributed by atoms with Crippen molar-refractivity contribution in [3.8, 4) is 0 Å². The van der Waals surface area contributed by atoms with Crippen LogP contribution in [0.25, 0.3) is 0 Å². The van der Waals surface area contributed by atoms with Crippen LogP contribution >= 0.6 is 0 Å². The van der Waals surface area contributed by atoms with Crippen LogP contribution in [0, 0.1) is 12.8 Å². The molecule has 1 aromatic rings. The number of piperidine rings is 1. The lowest BCUT2D eigenvalue weighted by atomic mass is 9.94. The van der Waals surface area contributed by atoms with Crippen LogP contribution in [-0.4, -0.2) is 40.2 Å². The van der Waals surface area contributed by atoms with Crippen molar-refractivity contribution in [2.45, 2.75) is 26.2 Å².